The van der Waals surface area contributed by atoms with Crippen LogP contribution in [0.25, 0.3) is 10.9 Å². The van der Waals surface area contributed by atoms with E-state index in [1.165, 1.54) is 0 Å². The lowest BCUT2D eigenvalue weighted by molar-refractivity contribution is 0.0912. The number of amides is 1. The first-order valence-electron chi connectivity index (χ1n) is 12.1. The predicted molar refractivity (Wildman–Crippen MR) is 133 cm³/mol. The van der Waals surface area contributed by atoms with Crippen molar-refractivity contribution in [2.45, 2.75) is 51.0 Å². The topological polar surface area (TPSA) is 94.6 Å². The summed E-state index contributed by atoms with van der Waals surface area (Å²) < 4.78 is 5.99. The van der Waals surface area contributed by atoms with E-state index in [-0.39, 0.29) is 19.1 Å². The van der Waals surface area contributed by atoms with Gasteiger partial charge < -0.3 is 25.3 Å². The van der Waals surface area contributed by atoms with E-state index in [9.17, 15) is 9.90 Å². The van der Waals surface area contributed by atoms with Crippen LogP contribution in [0.4, 0.5) is 0 Å². The summed E-state index contributed by atoms with van der Waals surface area (Å²) in [6, 6.07) is 11.4. The number of ether oxygens (including phenoxy) is 1. The first-order valence-corrected chi connectivity index (χ1v) is 12.1. The number of para-hydroxylation sites is 1. The number of aryl methyl sites for hydroxylation is 1. The lowest BCUT2D eigenvalue weighted by atomic mass is 9.99. The number of aliphatic hydroxyl groups excluding tert-OH is 2. The largest absolute Gasteiger partial charge is 0.492 e. The van der Waals surface area contributed by atoms with E-state index >= 15 is 0 Å². The molecular weight excluding hydrogens is 428 g/mol. The number of hydrogen-bond acceptors (Lipinski definition) is 4. The number of carbonyl (C=O) groups excluding carboxylic acids is 1. The van der Waals surface area contributed by atoms with Crippen LogP contribution >= 0.6 is 0 Å². The van der Waals surface area contributed by atoms with E-state index in [2.05, 4.69) is 22.1 Å². The normalized spacial score (nSPS) is 13.8. The monoisotopic (exact) mass is 460 g/mol. The van der Waals surface area contributed by atoms with Crippen molar-refractivity contribution < 1.29 is 19.7 Å². The van der Waals surface area contributed by atoms with E-state index < -0.39 is 6.04 Å². The van der Waals surface area contributed by atoms with E-state index in [4.69, 9.17) is 9.84 Å². The fourth-order valence-electron chi connectivity index (χ4n) is 4.36. The minimum absolute atomic E-state index is 0.168. The molecule has 178 valence electrons. The van der Waals surface area contributed by atoms with Crippen molar-refractivity contribution in [1.82, 2.24) is 10.3 Å². The summed E-state index contributed by atoms with van der Waals surface area (Å²) in [4.78, 5) is 16.6. The molecule has 6 nitrogen and oxygen atoms in total. The number of carbonyl (C=O) groups is 1. The lowest BCUT2D eigenvalue weighted by Crippen LogP contribution is -2.39. The van der Waals surface area contributed by atoms with Crippen LogP contribution in [0.5, 0.6) is 5.75 Å². The molecule has 1 atom stereocenters. The van der Waals surface area contributed by atoms with Gasteiger partial charge in [-0.1, -0.05) is 30.0 Å². The number of benzene rings is 2. The Morgan fingerprint density at radius 2 is 2.06 bits per heavy atom. The number of fused-ring (bicyclic) bond motifs is 2. The van der Waals surface area contributed by atoms with Crippen molar-refractivity contribution in [3.05, 3.63) is 64.8 Å². The second-order valence-corrected chi connectivity index (χ2v) is 8.72. The van der Waals surface area contributed by atoms with Gasteiger partial charge in [0.1, 0.15) is 5.75 Å². The van der Waals surface area contributed by atoms with Gasteiger partial charge in [-0.25, -0.2) is 0 Å². The molecule has 34 heavy (non-hydrogen) atoms. The predicted octanol–water partition coefficient (Wildman–Crippen LogP) is 3.73. The van der Waals surface area contributed by atoms with Gasteiger partial charge in [0, 0.05) is 35.7 Å². The fourth-order valence-corrected chi connectivity index (χ4v) is 4.36. The van der Waals surface area contributed by atoms with Gasteiger partial charge in [-0.2, -0.15) is 0 Å². The third kappa shape index (κ3) is 5.80. The molecule has 0 fully saturated rings. The summed E-state index contributed by atoms with van der Waals surface area (Å²) in [5.41, 5.74) is 4.34. The van der Waals surface area contributed by atoms with Crippen molar-refractivity contribution >= 4 is 16.8 Å². The molecule has 0 unspecified atom stereocenters. The van der Waals surface area contributed by atoms with Gasteiger partial charge in [0.05, 0.1) is 24.8 Å². The maximum absolute atomic E-state index is 13.4. The standard InChI is InChI=1S/C28H32N2O4/c31-13-7-2-1-3-9-20-15-21-10-6-8-14-34-27(21)25(16-20)28(33)30-23(19-32)17-22-18-29-26-12-5-4-11-24(22)26/h4-5,11-12,15-16,18,23,29,31-32H,1-2,6-8,10,13-14,17,19H2,(H,30,33)/t23-/m1/s1. The van der Waals surface area contributed by atoms with Crippen LogP contribution in [0, 0.1) is 11.8 Å². The minimum atomic E-state index is -0.429. The maximum Gasteiger partial charge on any atom is 0.255 e. The number of H-pyrrole nitrogens is 1. The van der Waals surface area contributed by atoms with Crippen LogP contribution in [0.1, 0.15) is 59.2 Å². The number of aliphatic hydroxyl groups is 2. The number of nitrogens with one attached hydrogen (secondary N) is 2. The number of rotatable bonds is 8. The van der Waals surface area contributed by atoms with Crippen LogP contribution in [0.2, 0.25) is 0 Å². The fraction of sp³-hybridized carbons (Fsp3) is 0.393. The van der Waals surface area contributed by atoms with Gasteiger partial charge in [-0.05, 0) is 67.9 Å². The highest BCUT2D eigenvalue weighted by Gasteiger charge is 2.22. The summed E-state index contributed by atoms with van der Waals surface area (Å²) in [5, 5.41) is 23.1. The molecule has 0 spiro atoms. The maximum atomic E-state index is 13.4. The van der Waals surface area contributed by atoms with Crippen molar-refractivity contribution in [3.8, 4) is 17.6 Å². The zero-order chi connectivity index (χ0) is 23.8. The van der Waals surface area contributed by atoms with E-state index in [1.807, 2.05) is 36.5 Å². The van der Waals surface area contributed by atoms with Crippen LogP contribution < -0.4 is 10.1 Å². The average Bonchev–Trinajstić information content (AvgIpc) is 3.10. The quantitative estimate of drug-likeness (QED) is 0.304. The Balaban J connectivity index is 1.55. The van der Waals surface area contributed by atoms with Gasteiger partial charge in [0.2, 0.25) is 0 Å². The van der Waals surface area contributed by atoms with Crippen LogP contribution in [0.15, 0.2) is 42.6 Å². The molecule has 4 N–H and O–H groups in total. The Morgan fingerprint density at radius 3 is 2.91 bits per heavy atom. The van der Waals surface area contributed by atoms with Crippen molar-refractivity contribution in [2.75, 3.05) is 19.8 Å². The van der Waals surface area contributed by atoms with Crippen molar-refractivity contribution in [2.24, 2.45) is 0 Å². The van der Waals surface area contributed by atoms with E-state index in [0.29, 0.717) is 30.8 Å². The Labute approximate surface area is 200 Å². The summed E-state index contributed by atoms with van der Waals surface area (Å²) in [5.74, 6) is 6.69. The molecule has 1 aromatic heterocycles. The smallest absolute Gasteiger partial charge is 0.255 e. The molecule has 3 aromatic rings. The highest BCUT2D eigenvalue weighted by molar-refractivity contribution is 5.98. The van der Waals surface area contributed by atoms with E-state index in [1.54, 1.807) is 6.07 Å². The number of aromatic amines is 1. The molecule has 1 amide bonds. The van der Waals surface area contributed by atoms with Crippen molar-refractivity contribution in [3.63, 3.8) is 0 Å². The molecule has 2 heterocycles. The molecule has 2 aromatic carbocycles. The molecule has 0 radical (unpaired) electrons. The summed E-state index contributed by atoms with van der Waals surface area (Å²) in [6.45, 7) is 0.587. The highest BCUT2D eigenvalue weighted by atomic mass is 16.5. The summed E-state index contributed by atoms with van der Waals surface area (Å²) >= 11 is 0. The molecule has 0 saturated carbocycles. The molecule has 4 rings (SSSR count). The molecule has 0 saturated heterocycles. The Hall–Kier alpha value is -3.27. The molecule has 0 aliphatic carbocycles. The molecular formula is C28H32N2O4. The highest BCUT2D eigenvalue weighted by Crippen LogP contribution is 2.30. The number of hydrogen-bond donors (Lipinski definition) is 4. The third-order valence-electron chi connectivity index (χ3n) is 6.14. The second kappa shape index (κ2) is 11.7. The van der Waals surface area contributed by atoms with Crippen LogP contribution in [-0.4, -0.2) is 47.0 Å². The Kier molecular flexibility index (Phi) is 8.24. The molecule has 1 aliphatic rings. The first kappa shape index (κ1) is 23.9. The Bertz CT molecular complexity index is 1190. The number of aromatic nitrogens is 1. The number of unbranched alkanes of at least 4 members (excludes halogenated alkanes) is 2. The second-order valence-electron chi connectivity index (χ2n) is 8.72. The van der Waals surface area contributed by atoms with Crippen LogP contribution in [-0.2, 0) is 12.8 Å². The molecule has 6 heteroatoms. The molecule has 0 bridgehead atoms. The summed E-state index contributed by atoms with van der Waals surface area (Å²) in [7, 11) is 0. The van der Waals surface area contributed by atoms with Crippen LogP contribution in [0.3, 0.4) is 0 Å². The van der Waals surface area contributed by atoms with Crippen molar-refractivity contribution in [1.29, 1.82) is 0 Å². The summed E-state index contributed by atoms with van der Waals surface area (Å²) in [6.07, 6.45) is 7.51. The molecule has 1 aliphatic heterocycles. The average molecular weight is 461 g/mol. The van der Waals surface area contributed by atoms with Gasteiger partial charge in [-0.15, -0.1) is 0 Å². The minimum Gasteiger partial charge on any atom is -0.492 e. The van der Waals surface area contributed by atoms with Gasteiger partial charge in [0.25, 0.3) is 5.91 Å². The zero-order valence-corrected chi connectivity index (χ0v) is 19.4. The van der Waals surface area contributed by atoms with E-state index in [0.717, 1.165) is 59.7 Å². The third-order valence-corrected chi connectivity index (χ3v) is 6.14. The van der Waals surface area contributed by atoms with Gasteiger partial charge in [-0.3, -0.25) is 4.79 Å². The first-order chi connectivity index (χ1) is 16.7. The SMILES string of the molecule is O=C(N[C@@H](CO)Cc1c[nH]c2ccccc12)c1cc(C#CCCCCO)cc2c1OCCCC2. The van der Waals surface area contributed by atoms with Gasteiger partial charge >= 0.3 is 0 Å². The van der Waals surface area contributed by atoms with Gasteiger partial charge in [0.15, 0.2) is 0 Å². The Morgan fingerprint density at radius 1 is 1.18 bits per heavy atom. The lowest BCUT2D eigenvalue weighted by Gasteiger charge is -2.19. The zero-order valence-electron chi connectivity index (χ0n) is 19.4.